The summed E-state index contributed by atoms with van der Waals surface area (Å²) < 4.78 is 10.2. The van der Waals surface area contributed by atoms with E-state index in [0.717, 1.165) is 10.8 Å². The smallest absolute Gasteiger partial charge is 0.344 e. The predicted molar refractivity (Wildman–Crippen MR) is 135 cm³/mol. The number of hydrogen-bond acceptors (Lipinski definition) is 6. The Morgan fingerprint density at radius 3 is 2.22 bits per heavy atom. The second-order valence-electron chi connectivity index (χ2n) is 7.65. The first-order chi connectivity index (χ1) is 17.5. The summed E-state index contributed by atoms with van der Waals surface area (Å²) >= 11 is 0. The number of esters is 2. The van der Waals surface area contributed by atoms with E-state index in [1.807, 2.05) is 36.4 Å². The number of para-hydroxylation sites is 1. The monoisotopic (exact) mass is 476 g/mol. The van der Waals surface area contributed by atoms with Crippen LogP contribution in [0.5, 0.6) is 5.75 Å². The molecule has 7 heteroatoms. The highest BCUT2D eigenvalue weighted by molar-refractivity contribution is 6.12. The van der Waals surface area contributed by atoms with Crippen LogP contribution in [0.15, 0.2) is 96.6 Å². The maximum Gasteiger partial charge on any atom is 0.344 e. The van der Waals surface area contributed by atoms with Crippen LogP contribution in [-0.2, 0) is 9.53 Å². The molecule has 1 N–H and O–H groups in total. The number of methoxy groups -OCH3 is 1. The SMILES string of the molecule is COC(=O)c1ccccc1NC(=O)C(C#N)=Cc1ccc(OC(=O)c2cccc3ccccc23)cc1. The van der Waals surface area contributed by atoms with E-state index in [4.69, 9.17) is 9.47 Å². The molecule has 0 spiro atoms. The van der Waals surface area contributed by atoms with Crippen LogP contribution in [-0.4, -0.2) is 25.0 Å². The van der Waals surface area contributed by atoms with Crippen molar-refractivity contribution in [3.63, 3.8) is 0 Å². The normalized spacial score (nSPS) is 10.8. The third-order valence-electron chi connectivity index (χ3n) is 5.36. The number of ether oxygens (including phenoxy) is 2. The van der Waals surface area contributed by atoms with Gasteiger partial charge in [0.25, 0.3) is 5.91 Å². The fraction of sp³-hybridized carbons (Fsp3) is 0.0345. The zero-order valence-electron chi connectivity index (χ0n) is 19.2. The summed E-state index contributed by atoms with van der Waals surface area (Å²) in [4.78, 5) is 37.3. The van der Waals surface area contributed by atoms with Crippen molar-refractivity contribution < 1.29 is 23.9 Å². The molecule has 4 aromatic rings. The van der Waals surface area contributed by atoms with Crippen LogP contribution in [0.25, 0.3) is 16.8 Å². The van der Waals surface area contributed by atoms with Gasteiger partial charge in [-0.25, -0.2) is 9.59 Å². The molecule has 36 heavy (non-hydrogen) atoms. The van der Waals surface area contributed by atoms with Crippen LogP contribution in [0.1, 0.15) is 26.3 Å². The van der Waals surface area contributed by atoms with Gasteiger partial charge in [0.15, 0.2) is 0 Å². The van der Waals surface area contributed by atoms with Crippen molar-refractivity contribution >= 4 is 40.4 Å². The van der Waals surface area contributed by atoms with Crippen molar-refractivity contribution in [2.45, 2.75) is 0 Å². The average Bonchev–Trinajstić information content (AvgIpc) is 2.92. The molecule has 0 fully saturated rings. The number of rotatable bonds is 6. The third kappa shape index (κ3) is 5.29. The predicted octanol–water partition coefficient (Wildman–Crippen LogP) is 5.39. The number of fused-ring (bicyclic) bond motifs is 1. The Labute approximate surface area is 207 Å². The molecule has 0 unspecified atom stereocenters. The fourth-order valence-electron chi connectivity index (χ4n) is 3.58. The Kier molecular flexibility index (Phi) is 7.18. The van der Waals surface area contributed by atoms with E-state index in [2.05, 4.69) is 5.32 Å². The molecule has 0 aliphatic heterocycles. The van der Waals surface area contributed by atoms with E-state index in [1.54, 1.807) is 48.5 Å². The number of nitrogens with one attached hydrogen (secondary N) is 1. The second-order valence-corrected chi connectivity index (χ2v) is 7.65. The van der Waals surface area contributed by atoms with E-state index in [9.17, 15) is 19.6 Å². The third-order valence-corrected chi connectivity index (χ3v) is 5.36. The van der Waals surface area contributed by atoms with E-state index in [0.29, 0.717) is 16.9 Å². The van der Waals surface area contributed by atoms with Crippen molar-refractivity contribution in [2.24, 2.45) is 0 Å². The summed E-state index contributed by atoms with van der Waals surface area (Å²) in [5.41, 5.74) is 1.23. The molecular formula is C29H20N2O5. The lowest BCUT2D eigenvalue weighted by Gasteiger charge is -2.09. The van der Waals surface area contributed by atoms with Crippen LogP contribution >= 0.6 is 0 Å². The minimum Gasteiger partial charge on any atom is -0.465 e. The van der Waals surface area contributed by atoms with Gasteiger partial charge in [-0.3, -0.25) is 4.79 Å². The quantitative estimate of drug-likeness (QED) is 0.173. The largest absolute Gasteiger partial charge is 0.465 e. The molecule has 0 bridgehead atoms. The molecule has 7 nitrogen and oxygen atoms in total. The first kappa shape index (κ1) is 23.9. The van der Waals surface area contributed by atoms with E-state index < -0.39 is 17.8 Å². The fourth-order valence-corrected chi connectivity index (χ4v) is 3.58. The topological polar surface area (TPSA) is 105 Å². The standard InChI is InChI=1S/C29H20N2O5/c1-35-28(33)25-10-4-5-12-26(25)31-27(32)21(18-30)17-19-13-15-22(16-14-19)36-29(34)24-11-6-8-20-7-2-3-9-23(20)24/h2-17H,1H3,(H,31,32). The van der Waals surface area contributed by atoms with Crippen LogP contribution in [0.3, 0.4) is 0 Å². The molecule has 0 heterocycles. The molecule has 4 aromatic carbocycles. The van der Waals surface area contributed by atoms with Crippen LogP contribution in [0, 0.1) is 11.3 Å². The molecule has 176 valence electrons. The minimum atomic E-state index is -0.680. The Hall–Kier alpha value is -5.22. The summed E-state index contributed by atoms with van der Waals surface area (Å²) in [6, 6.07) is 27.6. The highest BCUT2D eigenvalue weighted by atomic mass is 16.5. The van der Waals surface area contributed by atoms with Crippen molar-refractivity contribution in [2.75, 3.05) is 12.4 Å². The Morgan fingerprint density at radius 1 is 0.806 bits per heavy atom. The van der Waals surface area contributed by atoms with Gasteiger partial charge in [-0.2, -0.15) is 5.26 Å². The Balaban J connectivity index is 1.49. The summed E-state index contributed by atoms with van der Waals surface area (Å²) in [6.45, 7) is 0. The summed E-state index contributed by atoms with van der Waals surface area (Å²) in [5, 5.41) is 13.8. The van der Waals surface area contributed by atoms with Crippen LogP contribution < -0.4 is 10.1 Å². The molecule has 4 rings (SSSR count). The van der Waals surface area contributed by atoms with Crippen molar-refractivity contribution in [1.82, 2.24) is 0 Å². The first-order valence-corrected chi connectivity index (χ1v) is 10.9. The zero-order chi connectivity index (χ0) is 25.5. The van der Waals surface area contributed by atoms with Crippen molar-refractivity contribution in [3.8, 4) is 11.8 Å². The average molecular weight is 476 g/mol. The van der Waals surface area contributed by atoms with Crippen molar-refractivity contribution in [1.29, 1.82) is 5.26 Å². The zero-order valence-corrected chi connectivity index (χ0v) is 19.2. The van der Waals surface area contributed by atoms with Gasteiger partial charge in [0.1, 0.15) is 17.4 Å². The van der Waals surface area contributed by atoms with Gasteiger partial charge in [-0.15, -0.1) is 0 Å². The Morgan fingerprint density at radius 2 is 1.47 bits per heavy atom. The number of hydrogen-bond donors (Lipinski definition) is 1. The van der Waals surface area contributed by atoms with Gasteiger partial charge >= 0.3 is 11.9 Å². The molecule has 0 saturated heterocycles. The number of carbonyl (C=O) groups is 3. The van der Waals surface area contributed by atoms with E-state index in [-0.39, 0.29) is 16.8 Å². The molecule has 0 aliphatic rings. The summed E-state index contributed by atoms with van der Waals surface area (Å²) in [6.07, 6.45) is 1.40. The number of anilines is 1. The van der Waals surface area contributed by atoms with Gasteiger partial charge in [-0.1, -0.05) is 60.7 Å². The highest BCUT2D eigenvalue weighted by Gasteiger charge is 2.16. The van der Waals surface area contributed by atoms with Gasteiger partial charge in [0.05, 0.1) is 23.9 Å². The number of nitrogens with zero attached hydrogens (tertiary/aromatic N) is 1. The highest BCUT2D eigenvalue weighted by Crippen LogP contribution is 2.22. The first-order valence-electron chi connectivity index (χ1n) is 10.9. The molecule has 0 aliphatic carbocycles. The Bertz CT molecular complexity index is 1530. The van der Waals surface area contributed by atoms with Crippen LogP contribution in [0.4, 0.5) is 5.69 Å². The number of nitriles is 1. The number of amides is 1. The maximum absolute atomic E-state index is 12.7. The van der Waals surface area contributed by atoms with Gasteiger partial charge in [0.2, 0.25) is 0 Å². The lowest BCUT2D eigenvalue weighted by atomic mass is 10.0. The molecular weight excluding hydrogens is 456 g/mol. The molecule has 1 amide bonds. The number of carbonyl (C=O) groups excluding carboxylic acids is 3. The molecule has 0 radical (unpaired) electrons. The summed E-state index contributed by atoms with van der Waals surface area (Å²) in [7, 11) is 1.24. The molecule has 0 aromatic heterocycles. The maximum atomic E-state index is 12.7. The minimum absolute atomic E-state index is 0.169. The van der Waals surface area contributed by atoms with Gasteiger partial charge in [-0.05, 0) is 52.7 Å². The molecule has 0 atom stereocenters. The van der Waals surface area contributed by atoms with Gasteiger partial charge in [0, 0.05) is 0 Å². The van der Waals surface area contributed by atoms with Crippen LogP contribution in [0.2, 0.25) is 0 Å². The van der Waals surface area contributed by atoms with Crippen molar-refractivity contribution in [3.05, 3.63) is 113 Å². The lowest BCUT2D eigenvalue weighted by molar-refractivity contribution is -0.112. The summed E-state index contributed by atoms with van der Waals surface area (Å²) in [5.74, 6) is -1.46. The second kappa shape index (κ2) is 10.8. The molecule has 0 saturated carbocycles. The van der Waals surface area contributed by atoms with E-state index in [1.165, 1.54) is 25.3 Å². The van der Waals surface area contributed by atoms with Gasteiger partial charge < -0.3 is 14.8 Å². The number of benzene rings is 4. The van der Waals surface area contributed by atoms with E-state index >= 15 is 0 Å². The lowest BCUT2D eigenvalue weighted by Crippen LogP contribution is -2.16.